The summed E-state index contributed by atoms with van der Waals surface area (Å²) in [5.74, 6) is 2.37. The van der Waals surface area contributed by atoms with Crippen LogP contribution in [0.25, 0.3) is 10.9 Å². The number of aromatic nitrogens is 2. The van der Waals surface area contributed by atoms with Crippen molar-refractivity contribution in [3.63, 3.8) is 0 Å². The van der Waals surface area contributed by atoms with Gasteiger partial charge in [-0.2, -0.15) is 0 Å². The molecule has 0 N–H and O–H groups in total. The first-order chi connectivity index (χ1) is 12.6. The van der Waals surface area contributed by atoms with Crippen molar-refractivity contribution >= 4 is 10.9 Å². The highest BCUT2D eigenvalue weighted by Gasteiger charge is 2.13. The van der Waals surface area contributed by atoms with Gasteiger partial charge in [-0.15, -0.1) is 0 Å². The number of nitrogens with zero attached hydrogens (tertiary/aromatic N) is 2. The normalized spacial score (nSPS) is 10.6. The van der Waals surface area contributed by atoms with Crippen LogP contribution >= 0.6 is 0 Å². The molecule has 3 aromatic rings. The molecule has 3 rings (SSSR count). The lowest BCUT2D eigenvalue weighted by Gasteiger charge is -2.13. The highest BCUT2D eigenvalue weighted by molar-refractivity contribution is 5.81. The van der Waals surface area contributed by atoms with Crippen LogP contribution in [0.5, 0.6) is 23.0 Å². The van der Waals surface area contributed by atoms with E-state index >= 15 is 0 Å². The Hall–Kier alpha value is -3.22. The molecule has 0 saturated heterocycles. The van der Waals surface area contributed by atoms with Gasteiger partial charge in [0.1, 0.15) is 11.5 Å². The molecule has 136 valence electrons. The second kappa shape index (κ2) is 7.35. The van der Waals surface area contributed by atoms with E-state index < -0.39 is 0 Å². The van der Waals surface area contributed by atoms with Gasteiger partial charge in [-0.25, -0.2) is 4.98 Å². The molecule has 26 heavy (non-hydrogen) atoms. The Bertz CT molecular complexity index is 997. The molecule has 1 aromatic heterocycles. The molecule has 0 atom stereocenters. The average molecular weight is 356 g/mol. The molecular formula is C19H20N2O5. The van der Waals surface area contributed by atoms with E-state index in [1.807, 2.05) is 12.1 Å². The van der Waals surface area contributed by atoms with Gasteiger partial charge in [-0.1, -0.05) is 0 Å². The number of hydrogen-bond acceptors (Lipinski definition) is 6. The molecule has 0 amide bonds. The first-order valence-corrected chi connectivity index (χ1v) is 7.93. The van der Waals surface area contributed by atoms with Crippen molar-refractivity contribution in [3.8, 4) is 23.0 Å². The van der Waals surface area contributed by atoms with Crippen LogP contribution in [0.1, 0.15) is 5.56 Å². The van der Waals surface area contributed by atoms with Crippen LogP contribution < -0.4 is 24.5 Å². The maximum Gasteiger partial charge on any atom is 0.261 e. The van der Waals surface area contributed by atoms with Crippen molar-refractivity contribution in [2.24, 2.45) is 0 Å². The van der Waals surface area contributed by atoms with Gasteiger partial charge in [0.25, 0.3) is 5.56 Å². The molecule has 7 heteroatoms. The standard InChI is InChI=1S/C19H20N2O5/c1-23-13-5-6-16(24-2)12(7-13)10-21-11-20-15-9-18(26-4)17(25-3)8-14(15)19(21)22/h5-9,11H,10H2,1-4H3. The predicted octanol–water partition coefficient (Wildman–Crippen LogP) is 2.48. The number of methoxy groups -OCH3 is 4. The van der Waals surface area contributed by atoms with Crippen molar-refractivity contribution in [2.75, 3.05) is 28.4 Å². The van der Waals surface area contributed by atoms with E-state index in [-0.39, 0.29) is 5.56 Å². The van der Waals surface area contributed by atoms with E-state index in [1.165, 1.54) is 18.0 Å². The van der Waals surface area contributed by atoms with Crippen LogP contribution in [0, 0.1) is 0 Å². The van der Waals surface area contributed by atoms with Gasteiger partial charge in [0.2, 0.25) is 0 Å². The van der Waals surface area contributed by atoms with Crippen molar-refractivity contribution in [1.29, 1.82) is 0 Å². The highest BCUT2D eigenvalue weighted by Crippen LogP contribution is 2.30. The van der Waals surface area contributed by atoms with E-state index in [1.54, 1.807) is 39.5 Å². The molecule has 0 unspecified atom stereocenters. The zero-order valence-corrected chi connectivity index (χ0v) is 15.1. The SMILES string of the molecule is COc1ccc(OC)c(Cn2cnc3cc(OC)c(OC)cc3c2=O)c1. The van der Waals surface area contributed by atoms with Crippen molar-refractivity contribution < 1.29 is 18.9 Å². The average Bonchev–Trinajstić information content (AvgIpc) is 2.69. The van der Waals surface area contributed by atoms with Gasteiger partial charge in [0.15, 0.2) is 11.5 Å². The predicted molar refractivity (Wildman–Crippen MR) is 97.8 cm³/mol. The van der Waals surface area contributed by atoms with Crippen LogP contribution in [0.2, 0.25) is 0 Å². The van der Waals surface area contributed by atoms with E-state index in [2.05, 4.69) is 4.98 Å². The van der Waals surface area contributed by atoms with Crippen LogP contribution in [-0.4, -0.2) is 38.0 Å². The minimum absolute atomic E-state index is 0.180. The number of fused-ring (bicyclic) bond motifs is 1. The molecule has 0 aliphatic rings. The number of benzene rings is 2. The second-order valence-corrected chi connectivity index (χ2v) is 5.58. The summed E-state index contributed by atoms with van der Waals surface area (Å²) in [4.78, 5) is 17.3. The molecule has 0 saturated carbocycles. The topological polar surface area (TPSA) is 71.8 Å². The molecule has 0 aliphatic carbocycles. The summed E-state index contributed by atoms with van der Waals surface area (Å²) in [6.07, 6.45) is 1.51. The fourth-order valence-electron chi connectivity index (χ4n) is 2.79. The number of ether oxygens (including phenoxy) is 4. The third-order valence-corrected chi connectivity index (χ3v) is 4.16. The Kier molecular flexibility index (Phi) is 4.97. The Labute approximate surface area is 150 Å². The molecule has 0 aliphatic heterocycles. The van der Waals surface area contributed by atoms with Crippen LogP contribution in [0.4, 0.5) is 0 Å². The lowest BCUT2D eigenvalue weighted by atomic mass is 10.1. The monoisotopic (exact) mass is 356 g/mol. The second-order valence-electron chi connectivity index (χ2n) is 5.58. The zero-order chi connectivity index (χ0) is 18.7. The molecule has 0 fully saturated rings. The maximum absolute atomic E-state index is 12.9. The maximum atomic E-state index is 12.9. The summed E-state index contributed by atoms with van der Waals surface area (Å²) in [6, 6.07) is 8.78. The summed E-state index contributed by atoms with van der Waals surface area (Å²) in [6.45, 7) is 0.302. The van der Waals surface area contributed by atoms with Crippen LogP contribution in [0.3, 0.4) is 0 Å². The molecule has 2 aromatic carbocycles. The van der Waals surface area contributed by atoms with Crippen molar-refractivity contribution in [3.05, 3.63) is 52.6 Å². The zero-order valence-electron chi connectivity index (χ0n) is 15.1. The van der Waals surface area contributed by atoms with E-state index in [0.29, 0.717) is 40.4 Å². The minimum atomic E-state index is -0.180. The molecular weight excluding hydrogens is 336 g/mol. The van der Waals surface area contributed by atoms with Gasteiger partial charge < -0.3 is 18.9 Å². The van der Waals surface area contributed by atoms with Crippen molar-refractivity contribution in [2.45, 2.75) is 6.54 Å². The van der Waals surface area contributed by atoms with Crippen molar-refractivity contribution in [1.82, 2.24) is 9.55 Å². The Balaban J connectivity index is 2.09. The lowest BCUT2D eigenvalue weighted by Crippen LogP contribution is -2.21. The van der Waals surface area contributed by atoms with Crippen LogP contribution in [-0.2, 0) is 6.54 Å². The Morgan fingerprint density at radius 1 is 0.885 bits per heavy atom. The molecule has 0 radical (unpaired) electrons. The number of rotatable bonds is 6. The van der Waals surface area contributed by atoms with Gasteiger partial charge in [0.05, 0.1) is 52.2 Å². The summed E-state index contributed by atoms with van der Waals surface area (Å²) in [7, 11) is 6.25. The molecule has 0 spiro atoms. The quantitative estimate of drug-likeness (QED) is 0.676. The van der Waals surface area contributed by atoms with E-state index in [9.17, 15) is 4.79 Å². The van der Waals surface area contributed by atoms with Gasteiger partial charge in [-0.3, -0.25) is 9.36 Å². The largest absolute Gasteiger partial charge is 0.497 e. The summed E-state index contributed by atoms with van der Waals surface area (Å²) >= 11 is 0. The molecule has 7 nitrogen and oxygen atoms in total. The fourth-order valence-corrected chi connectivity index (χ4v) is 2.79. The minimum Gasteiger partial charge on any atom is -0.497 e. The fraction of sp³-hybridized carbons (Fsp3) is 0.263. The van der Waals surface area contributed by atoms with Gasteiger partial charge >= 0.3 is 0 Å². The van der Waals surface area contributed by atoms with E-state index in [0.717, 1.165) is 5.56 Å². The smallest absolute Gasteiger partial charge is 0.261 e. The Morgan fingerprint density at radius 2 is 1.58 bits per heavy atom. The first-order valence-electron chi connectivity index (χ1n) is 7.93. The first kappa shape index (κ1) is 17.6. The molecule has 0 bridgehead atoms. The van der Waals surface area contributed by atoms with Gasteiger partial charge in [-0.05, 0) is 24.3 Å². The summed E-state index contributed by atoms with van der Waals surface area (Å²) in [5, 5.41) is 0.451. The third-order valence-electron chi connectivity index (χ3n) is 4.16. The van der Waals surface area contributed by atoms with Gasteiger partial charge in [0, 0.05) is 11.6 Å². The summed E-state index contributed by atoms with van der Waals surface area (Å²) < 4.78 is 22.7. The molecule has 1 heterocycles. The van der Waals surface area contributed by atoms with Crippen LogP contribution in [0.15, 0.2) is 41.5 Å². The van der Waals surface area contributed by atoms with E-state index in [4.69, 9.17) is 18.9 Å². The third kappa shape index (κ3) is 3.15. The Morgan fingerprint density at radius 3 is 2.23 bits per heavy atom. The summed E-state index contributed by atoms with van der Waals surface area (Å²) in [5.41, 5.74) is 1.18. The highest BCUT2D eigenvalue weighted by atomic mass is 16.5. The lowest BCUT2D eigenvalue weighted by molar-refractivity contribution is 0.355. The number of hydrogen-bond donors (Lipinski definition) is 0.